The number of hydrogen-bond donors (Lipinski definition) is 2. The van der Waals surface area contributed by atoms with E-state index >= 15 is 0 Å². The number of aliphatic hydroxyl groups excluding tert-OH is 2. The zero-order chi connectivity index (χ0) is 15.9. The lowest BCUT2D eigenvalue weighted by atomic mass is 9.65. The van der Waals surface area contributed by atoms with Crippen molar-refractivity contribution in [2.75, 3.05) is 26.4 Å². The highest BCUT2D eigenvalue weighted by atomic mass is 16.5. The maximum absolute atomic E-state index is 11.9. The summed E-state index contributed by atoms with van der Waals surface area (Å²) < 4.78 is 10.1. The minimum atomic E-state index is -0.197. The molecule has 0 bridgehead atoms. The van der Waals surface area contributed by atoms with Gasteiger partial charge in [-0.25, -0.2) is 0 Å². The third kappa shape index (κ3) is 4.43. The summed E-state index contributed by atoms with van der Waals surface area (Å²) in [5.41, 5.74) is 0. The standard InChI is InChI=1S/C16H26O6/c17-5-7-21-15(19)13-3-1-11-9-14(4-2-12(11)10-13)16(20)22-8-6-18/h11-14,17-18H,1-10H2. The summed E-state index contributed by atoms with van der Waals surface area (Å²) >= 11 is 0. The Morgan fingerprint density at radius 3 is 1.55 bits per heavy atom. The lowest BCUT2D eigenvalue weighted by molar-refractivity contribution is -0.155. The van der Waals surface area contributed by atoms with Gasteiger partial charge in [0.15, 0.2) is 0 Å². The van der Waals surface area contributed by atoms with Gasteiger partial charge in [0.05, 0.1) is 25.0 Å². The van der Waals surface area contributed by atoms with E-state index in [1.165, 1.54) is 0 Å². The molecule has 0 amide bonds. The zero-order valence-corrected chi connectivity index (χ0v) is 12.9. The van der Waals surface area contributed by atoms with Gasteiger partial charge in [-0.15, -0.1) is 0 Å². The number of aliphatic hydroxyl groups is 2. The molecule has 0 aromatic rings. The van der Waals surface area contributed by atoms with E-state index in [2.05, 4.69) is 0 Å². The molecule has 0 aromatic heterocycles. The SMILES string of the molecule is O=C(OCCO)C1CCC2CC(C(=O)OCCO)CCC2C1. The predicted molar refractivity (Wildman–Crippen MR) is 77.8 cm³/mol. The monoisotopic (exact) mass is 314 g/mol. The molecule has 2 saturated carbocycles. The van der Waals surface area contributed by atoms with Gasteiger partial charge >= 0.3 is 11.9 Å². The van der Waals surface area contributed by atoms with E-state index < -0.39 is 0 Å². The molecule has 4 atom stereocenters. The fraction of sp³-hybridized carbons (Fsp3) is 0.875. The molecule has 4 unspecified atom stereocenters. The van der Waals surface area contributed by atoms with Gasteiger partial charge in [-0.2, -0.15) is 0 Å². The molecule has 22 heavy (non-hydrogen) atoms. The number of ether oxygens (including phenoxy) is 2. The first-order valence-electron chi connectivity index (χ1n) is 8.20. The van der Waals surface area contributed by atoms with Gasteiger partial charge in [-0.1, -0.05) is 0 Å². The van der Waals surface area contributed by atoms with Crippen molar-refractivity contribution in [3.8, 4) is 0 Å². The minimum absolute atomic E-state index is 0.0642. The Kier molecular flexibility index (Phi) is 6.64. The summed E-state index contributed by atoms with van der Waals surface area (Å²) in [5, 5.41) is 17.4. The number of esters is 2. The van der Waals surface area contributed by atoms with E-state index in [1.807, 2.05) is 0 Å². The highest BCUT2D eigenvalue weighted by Crippen LogP contribution is 2.45. The van der Waals surface area contributed by atoms with Gasteiger partial charge < -0.3 is 19.7 Å². The van der Waals surface area contributed by atoms with Crippen molar-refractivity contribution in [1.82, 2.24) is 0 Å². The van der Waals surface area contributed by atoms with Crippen molar-refractivity contribution in [3.05, 3.63) is 0 Å². The van der Waals surface area contributed by atoms with Crippen LogP contribution in [0.1, 0.15) is 38.5 Å². The Balaban J connectivity index is 1.80. The van der Waals surface area contributed by atoms with Crippen molar-refractivity contribution in [2.24, 2.45) is 23.7 Å². The van der Waals surface area contributed by atoms with Crippen LogP contribution in [-0.4, -0.2) is 48.6 Å². The van der Waals surface area contributed by atoms with Crippen LogP contribution in [0.15, 0.2) is 0 Å². The normalized spacial score (nSPS) is 31.2. The fourth-order valence-electron chi connectivity index (χ4n) is 3.85. The van der Waals surface area contributed by atoms with E-state index in [0.29, 0.717) is 11.8 Å². The molecule has 0 spiro atoms. The van der Waals surface area contributed by atoms with E-state index in [1.54, 1.807) is 0 Å². The quantitative estimate of drug-likeness (QED) is 0.707. The first kappa shape index (κ1) is 17.2. The second kappa shape index (κ2) is 8.48. The van der Waals surface area contributed by atoms with Crippen molar-refractivity contribution >= 4 is 11.9 Å². The van der Waals surface area contributed by atoms with Gasteiger partial charge in [-0.05, 0) is 50.4 Å². The van der Waals surface area contributed by atoms with E-state index in [-0.39, 0.29) is 50.2 Å². The first-order valence-corrected chi connectivity index (χ1v) is 8.20. The Labute approximate surface area is 130 Å². The smallest absolute Gasteiger partial charge is 0.309 e. The van der Waals surface area contributed by atoms with E-state index in [4.69, 9.17) is 19.7 Å². The molecule has 0 aromatic carbocycles. The molecule has 0 heterocycles. The Morgan fingerprint density at radius 2 is 1.18 bits per heavy atom. The summed E-state index contributed by atoms with van der Waals surface area (Å²) in [6.45, 7) is -0.130. The number of carbonyl (C=O) groups is 2. The fourth-order valence-corrected chi connectivity index (χ4v) is 3.85. The van der Waals surface area contributed by atoms with Crippen molar-refractivity contribution in [1.29, 1.82) is 0 Å². The average Bonchev–Trinajstić information content (AvgIpc) is 2.56. The van der Waals surface area contributed by atoms with Crippen LogP contribution < -0.4 is 0 Å². The van der Waals surface area contributed by atoms with Crippen LogP contribution in [-0.2, 0) is 19.1 Å². The Bertz CT molecular complexity index is 347. The van der Waals surface area contributed by atoms with Crippen LogP contribution in [0.3, 0.4) is 0 Å². The molecule has 6 nitrogen and oxygen atoms in total. The lowest BCUT2D eigenvalue weighted by Crippen LogP contribution is -2.36. The maximum atomic E-state index is 11.9. The molecule has 2 aliphatic carbocycles. The van der Waals surface area contributed by atoms with Crippen LogP contribution >= 0.6 is 0 Å². The van der Waals surface area contributed by atoms with Gasteiger partial charge in [0.25, 0.3) is 0 Å². The highest BCUT2D eigenvalue weighted by molar-refractivity contribution is 5.73. The summed E-state index contributed by atoms with van der Waals surface area (Å²) in [6, 6.07) is 0. The van der Waals surface area contributed by atoms with Gasteiger partial charge in [-0.3, -0.25) is 9.59 Å². The summed E-state index contributed by atoms with van der Waals surface area (Å²) in [7, 11) is 0. The molecule has 0 radical (unpaired) electrons. The number of fused-ring (bicyclic) bond motifs is 1. The van der Waals surface area contributed by atoms with Crippen molar-refractivity contribution in [3.63, 3.8) is 0 Å². The molecular weight excluding hydrogens is 288 g/mol. The molecule has 2 rings (SSSR count). The molecule has 0 aliphatic heterocycles. The van der Waals surface area contributed by atoms with Gasteiger partial charge in [0.2, 0.25) is 0 Å². The summed E-state index contributed by atoms with van der Waals surface area (Å²) in [4.78, 5) is 23.8. The number of hydrogen-bond acceptors (Lipinski definition) is 6. The Morgan fingerprint density at radius 1 is 0.773 bits per heavy atom. The number of rotatable bonds is 6. The van der Waals surface area contributed by atoms with Crippen LogP contribution in [0.5, 0.6) is 0 Å². The van der Waals surface area contributed by atoms with Crippen LogP contribution in [0.25, 0.3) is 0 Å². The molecule has 2 fully saturated rings. The second-order valence-electron chi connectivity index (χ2n) is 6.32. The average molecular weight is 314 g/mol. The molecule has 0 saturated heterocycles. The summed E-state index contributed by atoms with van der Waals surface area (Å²) in [6.07, 6.45) is 5.12. The van der Waals surface area contributed by atoms with E-state index in [9.17, 15) is 9.59 Å². The van der Waals surface area contributed by atoms with Crippen molar-refractivity contribution in [2.45, 2.75) is 38.5 Å². The molecule has 6 heteroatoms. The molecule has 2 N–H and O–H groups in total. The van der Waals surface area contributed by atoms with Crippen LogP contribution in [0, 0.1) is 23.7 Å². The number of carbonyl (C=O) groups excluding carboxylic acids is 2. The molecular formula is C16H26O6. The zero-order valence-electron chi connectivity index (χ0n) is 12.9. The van der Waals surface area contributed by atoms with E-state index in [0.717, 1.165) is 38.5 Å². The van der Waals surface area contributed by atoms with Gasteiger partial charge in [0, 0.05) is 0 Å². The highest BCUT2D eigenvalue weighted by Gasteiger charge is 2.40. The molecule has 126 valence electrons. The third-order valence-electron chi connectivity index (χ3n) is 4.95. The third-order valence-corrected chi connectivity index (χ3v) is 4.95. The largest absolute Gasteiger partial charge is 0.463 e. The Hall–Kier alpha value is -1.14. The summed E-state index contributed by atoms with van der Waals surface area (Å²) in [5.74, 6) is 0.426. The minimum Gasteiger partial charge on any atom is -0.463 e. The maximum Gasteiger partial charge on any atom is 0.309 e. The van der Waals surface area contributed by atoms with Crippen molar-refractivity contribution < 1.29 is 29.3 Å². The topological polar surface area (TPSA) is 93.1 Å². The molecule has 2 aliphatic rings. The second-order valence-corrected chi connectivity index (χ2v) is 6.32. The van der Waals surface area contributed by atoms with Gasteiger partial charge in [0.1, 0.15) is 13.2 Å². The van der Waals surface area contributed by atoms with Crippen LogP contribution in [0.4, 0.5) is 0 Å². The predicted octanol–water partition coefficient (Wildman–Crippen LogP) is 0.890. The lowest BCUT2D eigenvalue weighted by Gasteiger charge is -2.40. The van der Waals surface area contributed by atoms with Crippen LogP contribution in [0.2, 0.25) is 0 Å². The first-order chi connectivity index (χ1) is 10.7.